The molecule has 0 spiro atoms. The summed E-state index contributed by atoms with van der Waals surface area (Å²) in [5, 5.41) is 6.49. The van der Waals surface area contributed by atoms with E-state index in [1.54, 1.807) is 13.3 Å². The number of furan rings is 1. The van der Waals surface area contributed by atoms with Gasteiger partial charge in [-0.1, -0.05) is 30.3 Å². The molecular formula is C18H21N5O. The average Bonchev–Trinajstić information content (AvgIpc) is 3.28. The Morgan fingerprint density at radius 2 is 1.96 bits per heavy atom. The highest BCUT2D eigenvalue weighted by molar-refractivity contribution is 5.79. The molecule has 0 saturated carbocycles. The van der Waals surface area contributed by atoms with Crippen molar-refractivity contribution in [3.8, 4) is 0 Å². The Morgan fingerprint density at radius 3 is 2.71 bits per heavy atom. The van der Waals surface area contributed by atoms with E-state index in [1.807, 2.05) is 42.7 Å². The lowest BCUT2D eigenvalue weighted by molar-refractivity contribution is 0.501. The summed E-state index contributed by atoms with van der Waals surface area (Å²) in [6.45, 7) is 1.99. The van der Waals surface area contributed by atoms with Gasteiger partial charge in [-0.3, -0.25) is 4.99 Å². The molecule has 0 aliphatic carbocycles. The zero-order valence-corrected chi connectivity index (χ0v) is 13.6. The molecule has 124 valence electrons. The van der Waals surface area contributed by atoms with Gasteiger partial charge in [-0.2, -0.15) is 0 Å². The molecule has 0 unspecified atom stereocenters. The first-order chi connectivity index (χ1) is 11.8. The smallest absolute Gasteiger partial charge is 0.191 e. The summed E-state index contributed by atoms with van der Waals surface area (Å²) in [7, 11) is 1.74. The summed E-state index contributed by atoms with van der Waals surface area (Å²) < 4.78 is 7.43. The first-order valence-corrected chi connectivity index (χ1v) is 7.86. The molecule has 24 heavy (non-hydrogen) atoms. The lowest BCUT2D eigenvalue weighted by Crippen LogP contribution is -2.36. The molecule has 2 aromatic heterocycles. The van der Waals surface area contributed by atoms with Crippen LogP contribution in [0.2, 0.25) is 0 Å². The van der Waals surface area contributed by atoms with Crippen LogP contribution in [0, 0.1) is 0 Å². The Morgan fingerprint density at radius 1 is 1.12 bits per heavy atom. The van der Waals surface area contributed by atoms with Crippen molar-refractivity contribution in [1.82, 2.24) is 20.2 Å². The van der Waals surface area contributed by atoms with Gasteiger partial charge in [-0.05, 0) is 17.7 Å². The van der Waals surface area contributed by atoms with Crippen molar-refractivity contribution in [1.29, 1.82) is 0 Å². The minimum Gasteiger partial charge on any atom is -0.467 e. The second-order valence-electron chi connectivity index (χ2n) is 5.32. The largest absolute Gasteiger partial charge is 0.467 e. The van der Waals surface area contributed by atoms with Crippen LogP contribution in [0.5, 0.6) is 0 Å². The van der Waals surface area contributed by atoms with Crippen molar-refractivity contribution in [3.63, 3.8) is 0 Å². The minimum absolute atomic E-state index is 0.588. The van der Waals surface area contributed by atoms with Crippen LogP contribution in [0.4, 0.5) is 0 Å². The monoisotopic (exact) mass is 323 g/mol. The van der Waals surface area contributed by atoms with Crippen molar-refractivity contribution >= 4 is 5.96 Å². The molecule has 2 N–H and O–H groups in total. The van der Waals surface area contributed by atoms with Gasteiger partial charge < -0.3 is 19.6 Å². The summed E-state index contributed by atoms with van der Waals surface area (Å²) in [6.07, 6.45) is 5.47. The maximum atomic E-state index is 5.30. The number of guanidine groups is 1. The fraction of sp³-hybridized carbons (Fsp3) is 0.222. The molecule has 0 radical (unpaired) electrons. The Hall–Kier alpha value is -3.02. The van der Waals surface area contributed by atoms with Crippen LogP contribution in [-0.2, 0) is 19.6 Å². The molecule has 0 aliphatic rings. The van der Waals surface area contributed by atoms with E-state index < -0.39 is 0 Å². The molecule has 1 aromatic carbocycles. The van der Waals surface area contributed by atoms with Crippen molar-refractivity contribution in [2.75, 3.05) is 7.05 Å². The number of benzene rings is 1. The molecule has 0 amide bonds. The lowest BCUT2D eigenvalue weighted by atomic mass is 10.2. The predicted molar refractivity (Wildman–Crippen MR) is 93.5 cm³/mol. The number of aromatic nitrogens is 2. The van der Waals surface area contributed by atoms with Crippen molar-refractivity contribution in [2.24, 2.45) is 4.99 Å². The Kier molecular flexibility index (Phi) is 5.29. The van der Waals surface area contributed by atoms with Crippen LogP contribution < -0.4 is 10.6 Å². The van der Waals surface area contributed by atoms with E-state index >= 15 is 0 Å². The standard InChI is InChI=1S/C18H21N5O/c1-19-18(21-12-16-8-5-11-24-16)22-13-17-20-9-10-23(17)14-15-6-3-2-4-7-15/h2-11H,12-14H2,1H3,(H2,19,21,22). The topological polar surface area (TPSA) is 67.4 Å². The molecule has 3 rings (SSSR count). The van der Waals surface area contributed by atoms with Gasteiger partial charge in [-0.15, -0.1) is 0 Å². The van der Waals surface area contributed by atoms with Crippen molar-refractivity contribution in [2.45, 2.75) is 19.6 Å². The number of rotatable bonds is 6. The van der Waals surface area contributed by atoms with Crippen LogP contribution in [0.1, 0.15) is 17.1 Å². The van der Waals surface area contributed by atoms with Gasteiger partial charge in [0.25, 0.3) is 0 Å². The third kappa shape index (κ3) is 4.25. The summed E-state index contributed by atoms with van der Waals surface area (Å²) >= 11 is 0. The Balaban J connectivity index is 1.55. The third-order valence-electron chi connectivity index (χ3n) is 3.65. The molecule has 2 heterocycles. The maximum absolute atomic E-state index is 5.30. The first kappa shape index (κ1) is 15.9. The molecule has 0 fully saturated rings. The van der Waals surface area contributed by atoms with Gasteiger partial charge in [0, 0.05) is 26.0 Å². The number of aliphatic imine (C=N–C) groups is 1. The normalized spacial score (nSPS) is 11.5. The number of imidazole rings is 1. The highest BCUT2D eigenvalue weighted by Crippen LogP contribution is 2.05. The van der Waals surface area contributed by atoms with E-state index in [-0.39, 0.29) is 0 Å². The second kappa shape index (κ2) is 8.01. The van der Waals surface area contributed by atoms with E-state index in [0.717, 1.165) is 18.1 Å². The molecule has 0 bridgehead atoms. The molecule has 0 saturated heterocycles. The third-order valence-corrected chi connectivity index (χ3v) is 3.65. The SMILES string of the molecule is CN=C(NCc1ccco1)NCc1nccn1Cc1ccccc1. The van der Waals surface area contributed by atoms with E-state index in [2.05, 4.69) is 37.3 Å². The molecule has 0 aliphatic heterocycles. The molecule has 6 heteroatoms. The van der Waals surface area contributed by atoms with Gasteiger partial charge in [0.1, 0.15) is 11.6 Å². The average molecular weight is 323 g/mol. The fourth-order valence-electron chi connectivity index (χ4n) is 2.40. The molecule has 3 aromatic rings. The minimum atomic E-state index is 0.588. The maximum Gasteiger partial charge on any atom is 0.191 e. The number of hydrogen-bond acceptors (Lipinski definition) is 3. The fourth-order valence-corrected chi connectivity index (χ4v) is 2.40. The first-order valence-electron chi connectivity index (χ1n) is 7.86. The Bertz CT molecular complexity index is 762. The van der Waals surface area contributed by atoms with E-state index in [0.29, 0.717) is 19.0 Å². The van der Waals surface area contributed by atoms with Crippen LogP contribution in [0.3, 0.4) is 0 Å². The zero-order valence-electron chi connectivity index (χ0n) is 13.6. The van der Waals surface area contributed by atoms with Crippen LogP contribution in [0.15, 0.2) is 70.5 Å². The quantitative estimate of drug-likeness (QED) is 0.540. The van der Waals surface area contributed by atoms with Crippen LogP contribution in [0.25, 0.3) is 0 Å². The summed E-state index contributed by atoms with van der Waals surface area (Å²) in [4.78, 5) is 8.64. The summed E-state index contributed by atoms with van der Waals surface area (Å²) in [5.74, 6) is 2.53. The molecule has 6 nitrogen and oxygen atoms in total. The van der Waals surface area contributed by atoms with E-state index in [9.17, 15) is 0 Å². The number of nitrogens with zero attached hydrogens (tertiary/aromatic N) is 3. The molecular weight excluding hydrogens is 302 g/mol. The summed E-state index contributed by atoms with van der Waals surface area (Å²) in [5.41, 5.74) is 1.25. The van der Waals surface area contributed by atoms with Crippen LogP contribution in [-0.4, -0.2) is 22.6 Å². The second-order valence-corrected chi connectivity index (χ2v) is 5.32. The lowest BCUT2D eigenvalue weighted by Gasteiger charge is -2.12. The van der Waals surface area contributed by atoms with E-state index in [1.165, 1.54) is 5.56 Å². The van der Waals surface area contributed by atoms with Crippen molar-refractivity contribution in [3.05, 3.63) is 78.3 Å². The highest BCUT2D eigenvalue weighted by Gasteiger charge is 2.05. The van der Waals surface area contributed by atoms with Crippen molar-refractivity contribution < 1.29 is 4.42 Å². The molecule has 0 atom stereocenters. The van der Waals surface area contributed by atoms with Gasteiger partial charge >= 0.3 is 0 Å². The van der Waals surface area contributed by atoms with E-state index in [4.69, 9.17) is 4.42 Å². The van der Waals surface area contributed by atoms with Gasteiger partial charge in [0.05, 0.1) is 19.4 Å². The highest BCUT2D eigenvalue weighted by atomic mass is 16.3. The number of hydrogen-bond donors (Lipinski definition) is 2. The predicted octanol–water partition coefficient (Wildman–Crippen LogP) is 2.39. The zero-order chi connectivity index (χ0) is 16.6. The van der Waals surface area contributed by atoms with Crippen LogP contribution >= 0.6 is 0 Å². The summed E-state index contributed by atoms with van der Waals surface area (Å²) in [6, 6.07) is 14.1. The Labute approximate surface area is 141 Å². The van der Waals surface area contributed by atoms with Gasteiger partial charge in [0.2, 0.25) is 0 Å². The van der Waals surface area contributed by atoms with Gasteiger partial charge in [-0.25, -0.2) is 4.98 Å². The number of nitrogens with one attached hydrogen (secondary N) is 2. The van der Waals surface area contributed by atoms with Gasteiger partial charge in [0.15, 0.2) is 5.96 Å².